The van der Waals surface area contributed by atoms with Gasteiger partial charge in [0.25, 0.3) is 0 Å². The number of benzene rings is 1. The summed E-state index contributed by atoms with van der Waals surface area (Å²) >= 11 is 5.99. The van der Waals surface area contributed by atoms with E-state index >= 15 is 0 Å². The molecule has 1 aliphatic rings. The lowest BCUT2D eigenvalue weighted by molar-refractivity contribution is 0.183. The van der Waals surface area contributed by atoms with Gasteiger partial charge in [-0.25, -0.2) is 9.48 Å². The molecule has 7 heteroatoms. The zero-order chi connectivity index (χ0) is 18.8. The Morgan fingerprint density at radius 2 is 1.93 bits per heavy atom. The minimum absolute atomic E-state index is 0.0637. The maximum atomic E-state index is 12.3. The highest BCUT2D eigenvalue weighted by atomic mass is 35.5. The van der Waals surface area contributed by atoms with Gasteiger partial charge in [0.15, 0.2) is 5.65 Å². The average molecular weight is 386 g/mol. The van der Waals surface area contributed by atoms with Crippen LogP contribution in [0.2, 0.25) is 5.02 Å². The summed E-state index contributed by atoms with van der Waals surface area (Å²) in [6.45, 7) is 6.89. The molecule has 4 rings (SSSR count). The highest BCUT2D eigenvalue weighted by Gasteiger charge is 2.23. The van der Waals surface area contributed by atoms with Gasteiger partial charge in [-0.05, 0) is 49.7 Å². The maximum absolute atomic E-state index is 12.3. The SMILES string of the molecule is C[C@H]1CN(c2ccc(Cl)cc2)CCN1CCCn1nc2ccccn2c1=O. The third kappa shape index (κ3) is 3.87. The Morgan fingerprint density at radius 3 is 2.67 bits per heavy atom. The van der Waals surface area contributed by atoms with Gasteiger partial charge < -0.3 is 4.90 Å². The molecule has 2 aromatic heterocycles. The second-order valence-electron chi connectivity index (χ2n) is 7.10. The molecule has 3 heterocycles. The van der Waals surface area contributed by atoms with Crippen molar-refractivity contribution in [1.29, 1.82) is 0 Å². The van der Waals surface area contributed by atoms with E-state index < -0.39 is 0 Å². The molecule has 0 amide bonds. The monoisotopic (exact) mass is 385 g/mol. The van der Waals surface area contributed by atoms with Crippen molar-refractivity contribution < 1.29 is 0 Å². The predicted molar refractivity (Wildman–Crippen MR) is 109 cm³/mol. The number of piperazine rings is 1. The van der Waals surface area contributed by atoms with Crippen molar-refractivity contribution in [2.75, 3.05) is 31.1 Å². The minimum Gasteiger partial charge on any atom is -0.369 e. The molecule has 27 heavy (non-hydrogen) atoms. The van der Waals surface area contributed by atoms with Crippen LogP contribution in [-0.2, 0) is 6.54 Å². The van der Waals surface area contributed by atoms with E-state index in [1.54, 1.807) is 15.3 Å². The van der Waals surface area contributed by atoms with E-state index in [-0.39, 0.29) is 5.69 Å². The van der Waals surface area contributed by atoms with Crippen LogP contribution in [0.25, 0.3) is 5.65 Å². The van der Waals surface area contributed by atoms with Crippen LogP contribution in [0.15, 0.2) is 53.5 Å². The quantitative estimate of drug-likeness (QED) is 0.677. The molecule has 1 aliphatic heterocycles. The number of hydrogen-bond acceptors (Lipinski definition) is 4. The molecule has 1 fully saturated rings. The first-order chi connectivity index (χ1) is 13.1. The first-order valence-corrected chi connectivity index (χ1v) is 9.78. The summed E-state index contributed by atoms with van der Waals surface area (Å²) in [5.41, 5.74) is 1.86. The van der Waals surface area contributed by atoms with E-state index in [0.717, 1.165) is 37.6 Å². The topological polar surface area (TPSA) is 45.8 Å². The normalized spacial score (nSPS) is 18.3. The van der Waals surface area contributed by atoms with Crippen LogP contribution in [0.4, 0.5) is 5.69 Å². The lowest BCUT2D eigenvalue weighted by atomic mass is 10.1. The summed E-state index contributed by atoms with van der Waals surface area (Å²) in [6, 6.07) is 14.1. The number of aromatic nitrogens is 3. The molecule has 0 N–H and O–H groups in total. The fourth-order valence-electron chi connectivity index (χ4n) is 3.75. The zero-order valence-corrected chi connectivity index (χ0v) is 16.2. The van der Waals surface area contributed by atoms with Crippen LogP contribution in [-0.4, -0.2) is 51.3 Å². The van der Waals surface area contributed by atoms with Crippen molar-refractivity contribution in [3.05, 3.63) is 64.2 Å². The van der Waals surface area contributed by atoms with Crippen molar-refractivity contribution in [3.63, 3.8) is 0 Å². The number of fused-ring (bicyclic) bond motifs is 1. The maximum Gasteiger partial charge on any atom is 0.350 e. The Hall–Kier alpha value is -2.31. The number of anilines is 1. The fourth-order valence-corrected chi connectivity index (χ4v) is 3.88. The van der Waals surface area contributed by atoms with E-state index in [1.165, 1.54) is 5.69 Å². The first kappa shape index (κ1) is 18.1. The van der Waals surface area contributed by atoms with Crippen LogP contribution in [0, 0.1) is 0 Å². The van der Waals surface area contributed by atoms with E-state index in [4.69, 9.17) is 11.6 Å². The van der Waals surface area contributed by atoms with Gasteiger partial charge in [-0.15, -0.1) is 5.10 Å². The van der Waals surface area contributed by atoms with Crippen molar-refractivity contribution in [3.8, 4) is 0 Å². The second kappa shape index (κ2) is 7.74. The minimum atomic E-state index is -0.0637. The van der Waals surface area contributed by atoms with Gasteiger partial charge in [-0.3, -0.25) is 9.30 Å². The summed E-state index contributed by atoms with van der Waals surface area (Å²) in [5, 5.41) is 5.17. The van der Waals surface area contributed by atoms with Gasteiger partial charge in [-0.2, -0.15) is 0 Å². The number of pyridine rings is 1. The van der Waals surface area contributed by atoms with Crippen LogP contribution in [0.1, 0.15) is 13.3 Å². The number of halogens is 1. The van der Waals surface area contributed by atoms with Gasteiger partial charge in [0, 0.05) is 55.7 Å². The Bertz CT molecular complexity index is 964. The lowest BCUT2D eigenvalue weighted by Gasteiger charge is -2.41. The van der Waals surface area contributed by atoms with Crippen LogP contribution in [0.5, 0.6) is 0 Å². The van der Waals surface area contributed by atoms with Crippen molar-refractivity contribution in [2.24, 2.45) is 0 Å². The van der Waals surface area contributed by atoms with E-state index in [0.29, 0.717) is 18.2 Å². The standard InChI is InChI=1S/C20H24ClN5O/c1-16-15-24(18-8-6-17(21)7-9-18)14-13-23(16)10-4-12-26-20(27)25-11-3-2-5-19(25)22-26/h2-3,5-9,11,16H,4,10,12-15H2,1H3/t16-/m0/s1. The van der Waals surface area contributed by atoms with Gasteiger partial charge in [-0.1, -0.05) is 17.7 Å². The lowest BCUT2D eigenvalue weighted by Crippen LogP contribution is -2.52. The molecule has 0 spiro atoms. The fraction of sp³-hybridized carbons (Fsp3) is 0.400. The molecule has 1 atom stereocenters. The highest BCUT2D eigenvalue weighted by Crippen LogP contribution is 2.21. The molecular weight excluding hydrogens is 362 g/mol. The van der Waals surface area contributed by atoms with Gasteiger partial charge >= 0.3 is 5.69 Å². The third-order valence-electron chi connectivity index (χ3n) is 5.26. The summed E-state index contributed by atoms with van der Waals surface area (Å²) in [6.07, 6.45) is 2.67. The largest absolute Gasteiger partial charge is 0.369 e. The summed E-state index contributed by atoms with van der Waals surface area (Å²) in [7, 11) is 0. The van der Waals surface area contributed by atoms with Crippen LogP contribution in [0.3, 0.4) is 0 Å². The Labute approximate surface area is 163 Å². The molecule has 6 nitrogen and oxygen atoms in total. The molecular formula is C20H24ClN5O. The summed E-state index contributed by atoms with van der Waals surface area (Å²) < 4.78 is 3.16. The number of aryl methyl sites for hydroxylation is 1. The van der Waals surface area contributed by atoms with E-state index in [1.807, 2.05) is 30.3 Å². The van der Waals surface area contributed by atoms with Gasteiger partial charge in [0.05, 0.1) is 0 Å². The molecule has 0 bridgehead atoms. The predicted octanol–water partition coefficient (Wildman–Crippen LogP) is 2.75. The van der Waals surface area contributed by atoms with Crippen LogP contribution < -0.4 is 10.6 Å². The molecule has 1 aromatic carbocycles. The van der Waals surface area contributed by atoms with Crippen molar-refractivity contribution in [1.82, 2.24) is 19.1 Å². The molecule has 3 aromatic rings. The first-order valence-electron chi connectivity index (χ1n) is 9.40. The molecule has 1 saturated heterocycles. The molecule has 0 radical (unpaired) electrons. The molecule has 0 aliphatic carbocycles. The van der Waals surface area contributed by atoms with Gasteiger partial charge in [0.2, 0.25) is 0 Å². The molecule has 0 unspecified atom stereocenters. The number of hydrogen-bond donors (Lipinski definition) is 0. The Balaban J connectivity index is 1.32. The summed E-state index contributed by atoms with van der Waals surface area (Å²) in [4.78, 5) is 17.2. The van der Waals surface area contributed by atoms with Gasteiger partial charge in [0.1, 0.15) is 0 Å². The second-order valence-corrected chi connectivity index (χ2v) is 7.53. The highest BCUT2D eigenvalue weighted by molar-refractivity contribution is 6.30. The van der Waals surface area contributed by atoms with E-state index in [2.05, 4.69) is 34.0 Å². The zero-order valence-electron chi connectivity index (χ0n) is 15.5. The molecule has 0 saturated carbocycles. The van der Waals surface area contributed by atoms with Crippen LogP contribution >= 0.6 is 11.6 Å². The number of rotatable bonds is 5. The summed E-state index contributed by atoms with van der Waals surface area (Å²) in [5.74, 6) is 0. The number of nitrogens with zero attached hydrogens (tertiary/aromatic N) is 5. The van der Waals surface area contributed by atoms with Crippen molar-refractivity contribution in [2.45, 2.75) is 25.9 Å². The molecule has 142 valence electrons. The van der Waals surface area contributed by atoms with E-state index in [9.17, 15) is 4.79 Å². The third-order valence-corrected chi connectivity index (χ3v) is 5.51. The Kier molecular flexibility index (Phi) is 5.18. The smallest absolute Gasteiger partial charge is 0.350 e. The average Bonchev–Trinajstić information content (AvgIpc) is 3.00. The Morgan fingerprint density at radius 1 is 1.11 bits per heavy atom. The van der Waals surface area contributed by atoms with Crippen molar-refractivity contribution >= 4 is 22.9 Å².